The Balaban J connectivity index is 1.33. The summed E-state index contributed by atoms with van der Waals surface area (Å²) in [4.78, 5) is 42.4. The predicted molar refractivity (Wildman–Crippen MR) is 124 cm³/mol. The van der Waals surface area contributed by atoms with Gasteiger partial charge < -0.3 is 19.5 Å². The number of rotatable bonds is 3. The van der Waals surface area contributed by atoms with E-state index in [1.165, 1.54) is 0 Å². The second kappa shape index (κ2) is 8.94. The number of hydrogen-bond donors (Lipinski definition) is 1. The highest BCUT2D eigenvalue weighted by Gasteiger charge is 2.30. The van der Waals surface area contributed by atoms with Crippen molar-refractivity contribution in [3.63, 3.8) is 0 Å². The Morgan fingerprint density at radius 2 is 1.85 bits per heavy atom. The summed E-state index contributed by atoms with van der Waals surface area (Å²) in [6, 6.07) is 7.99. The number of aromatic amines is 1. The Kier molecular flexibility index (Phi) is 5.85. The van der Waals surface area contributed by atoms with Gasteiger partial charge in [0.05, 0.1) is 24.5 Å². The van der Waals surface area contributed by atoms with E-state index in [-0.39, 0.29) is 17.7 Å². The minimum Gasteiger partial charge on any atom is -0.378 e. The first-order valence-electron chi connectivity index (χ1n) is 11.6. The van der Waals surface area contributed by atoms with Crippen LogP contribution in [0.3, 0.4) is 0 Å². The van der Waals surface area contributed by atoms with Gasteiger partial charge in [-0.1, -0.05) is 18.2 Å². The number of aromatic nitrogens is 3. The second-order valence-electron chi connectivity index (χ2n) is 8.89. The molecule has 2 aliphatic rings. The van der Waals surface area contributed by atoms with Crippen molar-refractivity contribution < 1.29 is 14.3 Å². The molecular weight excluding hydrogens is 418 g/mol. The van der Waals surface area contributed by atoms with Gasteiger partial charge in [0.15, 0.2) is 0 Å². The number of carbonyl (C=O) groups excluding carboxylic acids is 2. The van der Waals surface area contributed by atoms with Crippen LogP contribution in [0, 0.1) is 13.8 Å². The van der Waals surface area contributed by atoms with E-state index < -0.39 is 0 Å². The van der Waals surface area contributed by atoms with Crippen molar-refractivity contribution in [3.05, 3.63) is 58.8 Å². The van der Waals surface area contributed by atoms with Crippen LogP contribution < -0.4 is 0 Å². The largest absolute Gasteiger partial charge is 0.378 e. The lowest BCUT2D eigenvalue weighted by Gasteiger charge is -2.32. The van der Waals surface area contributed by atoms with Gasteiger partial charge in [0.2, 0.25) is 0 Å². The lowest BCUT2D eigenvalue weighted by Crippen LogP contribution is -2.41. The fourth-order valence-electron chi connectivity index (χ4n) is 4.86. The molecule has 8 nitrogen and oxygen atoms in total. The number of benzene rings is 1. The van der Waals surface area contributed by atoms with E-state index in [0.717, 1.165) is 35.9 Å². The van der Waals surface area contributed by atoms with Crippen LogP contribution in [0.25, 0.3) is 10.9 Å². The third-order valence-electron chi connectivity index (χ3n) is 6.78. The van der Waals surface area contributed by atoms with Crippen molar-refractivity contribution in [2.75, 3.05) is 39.4 Å². The van der Waals surface area contributed by atoms with Gasteiger partial charge in [-0.25, -0.2) is 9.97 Å². The first-order valence-corrected chi connectivity index (χ1v) is 11.6. The molecule has 0 bridgehead atoms. The topological polar surface area (TPSA) is 91.4 Å². The molecule has 33 heavy (non-hydrogen) atoms. The number of morpholine rings is 1. The molecule has 2 saturated heterocycles. The number of carbonyl (C=O) groups is 2. The van der Waals surface area contributed by atoms with Gasteiger partial charge in [-0.05, 0) is 38.3 Å². The van der Waals surface area contributed by atoms with Gasteiger partial charge in [-0.3, -0.25) is 9.59 Å². The number of para-hydroxylation sites is 1. The third-order valence-corrected chi connectivity index (χ3v) is 6.78. The summed E-state index contributed by atoms with van der Waals surface area (Å²) in [6.45, 7) is 7.44. The number of fused-ring (bicyclic) bond motifs is 1. The van der Waals surface area contributed by atoms with E-state index in [0.29, 0.717) is 55.6 Å². The van der Waals surface area contributed by atoms with Gasteiger partial charge in [0, 0.05) is 49.2 Å². The van der Waals surface area contributed by atoms with Gasteiger partial charge in [0.1, 0.15) is 11.5 Å². The highest BCUT2D eigenvalue weighted by Crippen LogP contribution is 2.28. The molecule has 8 heteroatoms. The molecule has 0 radical (unpaired) electrons. The number of likely N-dealkylation sites (tertiary alicyclic amines) is 1. The molecule has 1 N–H and O–H groups in total. The summed E-state index contributed by atoms with van der Waals surface area (Å²) < 4.78 is 5.34. The first-order chi connectivity index (χ1) is 16.0. The zero-order chi connectivity index (χ0) is 22.9. The Hall–Kier alpha value is -3.26. The minimum atomic E-state index is -0.0444. The smallest absolute Gasteiger partial charge is 0.270 e. The van der Waals surface area contributed by atoms with Crippen molar-refractivity contribution in [3.8, 4) is 0 Å². The van der Waals surface area contributed by atoms with Crippen molar-refractivity contribution in [1.82, 2.24) is 24.8 Å². The van der Waals surface area contributed by atoms with E-state index in [4.69, 9.17) is 9.72 Å². The van der Waals surface area contributed by atoms with Crippen molar-refractivity contribution in [2.45, 2.75) is 32.6 Å². The summed E-state index contributed by atoms with van der Waals surface area (Å²) in [6.07, 6.45) is 3.47. The average molecular weight is 448 g/mol. The van der Waals surface area contributed by atoms with Crippen molar-refractivity contribution in [2.24, 2.45) is 0 Å². The molecule has 2 aromatic heterocycles. The van der Waals surface area contributed by atoms with Gasteiger partial charge in [0.25, 0.3) is 11.8 Å². The second-order valence-corrected chi connectivity index (χ2v) is 8.89. The van der Waals surface area contributed by atoms with Crippen LogP contribution >= 0.6 is 0 Å². The number of amides is 2. The van der Waals surface area contributed by atoms with Crippen LogP contribution in [0.5, 0.6) is 0 Å². The number of nitrogens with zero attached hydrogens (tertiary/aromatic N) is 4. The van der Waals surface area contributed by atoms with E-state index >= 15 is 0 Å². The maximum atomic E-state index is 13.3. The third kappa shape index (κ3) is 4.11. The number of ether oxygens (including phenoxy) is 1. The van der Waals surface area contributed by atoms with Crippen LogP contribution in [0.4, 0.5) is 0 Å². The van der Waals surface area contributed by atoms with Crippen LogP contribution in [-0.2, 0) is 4.74 Å². The SMILES string of the molecule is Cc1nc([C@@H]2CCCN(C(=O)c3[nH]c4ccccc4c3C)C2)ncc1C(=O)N1CCOCC1. The van der Waals surface area contributed by atoms with E-state index in [2.05, 4.69) is 9.97 Å². The number of piperidine rings is 1. The molecule has 0 unspecified atom stereocenters. The molecule has 2 amide bonds. The molecule has 0 saturated carbocycles. The van der Waals surface area contributed by atoms with Crippen LogP contribution in [0.15, 0.2) is 30.5 Å². The summed E-state index contributed by atoms with van der Waals surface area (Å²) >= 11 is 0. The first kappa shape index (κ1) is 21.6. The zero-order valence-corrected chi connectivity index (χ0v) is 19.1. The van der Waals surface area contributed by atoms with Gasteiger partial charge >= 0.3 is 0 Å². The Bertz CT molecular complexity index is 1200. The van der Waals surface area contributed by atoms with E-state index in [1.807, 2.05) is 43.0 Å². The maximum Gasteiger partial charge on any atom is 0.270 e. The molecule has 2 aliphatic heterocycles. The summed E-state index contributed by atoms with van der Waals surface area (Å²) in [7, 11) is 0. The number of hydrogen-bond acceptors (Lipinski definition) is 5. The maximum absolute atomic E-state index is 13.3. The molecule has 5 rings (SSSR count). The molecule has 0 aliphatic carbocycles. The summed E-state index contributed by atoms with van der Waals surface area (Å²) in [5, 5.41) is 1.08. The minimum absolute atomic E-state index is 0.0178. The number of H-pyrrole nitrogens is 1. The predicted octanol–water partition coefficient (Wildman–Crippen LogP) is 3.07. The van der Waals surface area contributed by atoms with Crippen molar-refractivity contribution in [1.29, 1.82) is 0 Å². The Morgan fingerprint density at radius 1 is 1.06 bits per heavy atom. The highest BCUT2D eigenvalue weighted by atomic mass is 16.5. The quantitative estimate of drug-likeness (QED) is 0.666. The monoisotopic (exact) mass is 447 g/mol. The molecule has 172 valence electrons. The summed E-state index contributed by atoms with van der Waals surface area (Å²) in [5.41, 5.74) is 3.84. The Labute approximate surface area is 193 Å². The highest BCUT2D eigenvalue weighted by molar-refractivity contribution is 6.01. The van der Waals surface area contributed by atoms with Crippen LogP contribution in [0.1, 0.15) is 56.7 Å². The van der Waals surface area contributed by atoms with E-state index in [9.17, 15) is 9.59 Å². The molecule has 4 heterocycles. The lowest BCUT2D eigenvalue weighted by atomic mass is 9.96. The number of aryl methyl sites for hydroxylation is 2. The molecule has 3 aromatic rings. The zero-order valence-electron chi connectivity index (χ0n) is 19.1. The molecule has 0 spiro atoms. The normalized spacial score (nSPS) is 19.2. The molecular formula is C25H29N5O3. The Morgan fingerprint density at radius 3 is 2.61 bits per heavy atom. The molecule has 1 aromatic carbocycles. The lowest BCUT2D eigenvalue weighted by molar-refractivity contribution is 0.0301. The summed E-state index contributed by atoms with van der Waals surface area (Å²) in [5.74, 6) is 0.733. The fourth-order valence-corrected chi connectivity index (χ4v) is 4.86. The van der Waals surface area contributed by atoms with Gasteiger partial charge in [-0.15, -0.1) is 0 Å². The van der Waals surface area contributed by atoms with E-state index in [1.54, 1.807) is 11.1 Å². The average Bonchev–Trinajstić information content (AvgIpc) is 3.20. The fraction of sp³-hybridized carbons (Fsp3) is 0.440. The molecule has 1 atom stereocenters. The van der Waals surface area contributed by atoms with Gasteiger partial charge in [-0.2, -0.15) is 0 Å². The van der Waals surface area contributed by atoms with Crippen LogP contribution in [-0.4, -0.2) is 76.0 Å². The van der Waals surface area contributed by atoms with Crippen molar-refractivity contribution >= 4 is 22.7 Å². The van der Waals surface area contributed by atoms with Crippen LogP contribution in [0.2, 0.25) is 0 Å². The standard InChI is InChI=1S/C25H29N5O3/c1-16-19-7-3-4-8-21(19)28-22(16)25(32)30-9-5-6-18(15-30)23-26-14-20(17(2)27-23)24(31)29-10-12-33-13-11-29/h3-4,7-8,14,18,28H,5-6,9-13,15H2,1-2H3/t18-/m1/s1. The molecule has 2 fully saturated rings. The number of nitrogens with one attached hydrogen (secondary N) is 1.